The lowest BCUT2D eigenvalue weighted by molar-refractivity contribution is 0.224. The van der Waals surface area contributed by atoms with E-state index < -0.39 is 0 Å². The van der Waals surface area contributed by atoms with Crippen molar-refractivity contribution < 1.29 is 0 Å². The van der Waals surface area contributed by atoms with Crippen LogP contribution in [-0.4, -0.2) is 41.0 Å². The number of anilines is 1. The molecule has 0 aliphatic carbocycles. The second kappa shape index (κ2) is 8.03. The number of piperidine rings is 1. The maximum atomic E-state index is 4.14. The van der Waals surface area contributed by atoms with Gasteiger partial charge in [-0.05, 0) is 51.4 Å². The first-order valence-corrected chi connectivity index (χ1v) is 7.18. The predicted octanol–water partition coefficient (Wildman–Crippen LogP) is 2.54. The molecule has 0 radical (unpaired) electrons. The molecule has 0 atom stereocenters. The van der Waals surface area contributed by atoms with Crippen LogP contribution in [0.25, 0.3) is 0 Å². The Bertz CT molecular complexity index is 309. The van der Waals surface area contributed by atoms with Crippen molar-refractivity contribution >= 4 is 5.95 Å². The first-order valence-electron chi connectivity index (χ1n) is 7.18. The van der Waals surface area contributed by atoms with Crippen LogP contribution in [0.15, 0.2) is 18.5 Å². The summed E-state index contributed by atoms with van der Waals surface area (Å²) in [6.07, 6.45) is 11.6. The molecule has 0 aromatic carbocycles. The fourth-order valence-corrected chi connectivity index (χ4v) is 2.41. The first kappa shape index (κ1) is 13.3. The summed E-state index contributed by atoms with van der Waals surface area (Å²) >= 11 is 0. The Morgan fingerprint density at radius 1 is 1.00 bits per heavy atom. The van der Waals surface area contributed by atoms with Gasteiger partial charge < -0.3 is 10.2 Å². The molecular formula is C14H24N4. The summed E-state index contributed by atoms with van der Waals surface area (Å²) in [4.78, 5) is 10.9. The SMILES string of the molecule is c1cnc(NCCCCCN2CCCCC2)nc1. The monoisotopic (exact) mass is 248 g/mol. The van der Waals surface area contributed by atoms with Gasteiger partial charge in [-0.15, -0.1) is 0 Å². The lowest BCUT2D eigenvalue weighted by atomic mass is 10.1. The molecule has 0 bridgehead atoms. The summed E-state index contributed by atoms with van der Waals surface area (Å²) < 4.78 is 0. The molecule has 0 amide bonds. The van der Waals surface area contributed by atoms with Gasteiger partial charge in [0.1, 0.15) is 0 Å². The Hall–Kier alpha value is -1.16. The van der Waals surface area contributed by atoms with Crippen molar-refractivity contribution in [1.82, 2.24) is 14.9 Å². The van der Waals surface area contributed by atoms with Gasteiger partial charge in [-0.25, -0.2) is 9.97 Å². The fraction of sp³-hybridized carbons (Fsp3) is 0.714. The van der Waals surface area contributed by atoms with E-state index in [9.17, 15) is 0 Å². The third kappa shape index (κ3) is 5.00. The molecule has 100 valence electrons. The number of unbranched alkanes of at least 4 members (excludes halogenated alkanes) is 2. The van der Waals surface area contributed by atoms with Crippen LogP contribution < -0.4 is 5.32 Å². The Morgan fingerprint density at radius 2 is 1.78 bits per heavy atom. The van der Waals surface area contributed by atoms with E-state index in [0.29, 0.717) is 0 Å². The third-order valence-corrected chi connectivity index (χ3v) is 3.45. The van der Waals surface area contributed by atoms with Gasteiger partial charge in [0.25, 0.3) is 0 Å². The zero-order chi connectivity index (χ0) is 12.5. The van der Waals surface area contributed by atoms with Gasteiger partial charge in [-0.1, -0.05) is 12.8 Å². The number of nitrogens with zero attached hydrogens (tertiary/aromatic N) is 3. The summed E-state index contributed by atoms with van der Waals surface area (Å²) in [5, 5.41) is 3.25. The van der Waals surface area contributed by atoms with Gasteiger partial charge in [0.2, 0.25) is 5.95 Å². The zero-order valence-corrected chi connectivity index (χ0v) is 11.1. The molecular weight excluding hydrogens is 224 g/mol. The van der Waals surface area contributed by atoms with Crippen molar-refractivity contribution in [1.29, 1.82) is 0 Å². The van der Waals surface area contributed by atoms with Gasteiger partial charge in [-0.3, -0.25) is 0 Å². The van der Waals surface area contributed by atoms with Crippen LogP contribution in [0.5, 0.6) is 0 Å². The standard InChI is InChI=1S/C14H24N4/c1(4-11-18-12-5-2-6-13-18)3-8-15-14-16-9-7-10-17-14/h7,9-10H,1-6,8,11-13H2,(H,15,16,17). The molecule has 1 aliphatic rings. The number of likely N-dealkylation sites (tertiary alicyclic amines) is 1. The highest BCUT2D eigenvalue weighted by Crippen LogP contribution is 2.09. The summed E-state index contributed by atoms with van der Waals surface area (Å²) in [5.74, 6) is 0.744. The maximum Gasteiger partial charge on any atom is 0.222 e. The number of rotatable bonds is 7. The second-order valence-electron chi connectivity index (χ2n) is 4.96. The Kier molecular flexibility index (Phi) is 5.92. The summed E-state index contributed by atoms with van der Waals surface area (Å²) in [6, 6.07) is 1.84. The van der Waals surface area contributed by atoms with Crippen LogP contribution >= 0.6 is 0 Å². The van der Waals surface area contributed by atoms with E-state index in [4.69, 9.17) is 0 Å². The maximum absolute atomic E-state index is 4.14. The number of aromatic nitrogens is 2. The van der Waals surface area contributed by atoms with Crippen molar-refractivity contribution in [3.05, 3.63) is 18.5 Å². The molecule has 1 aromatic heterocycles. The summed E-state index contributed by atoms with van der Waals surface area (Å²) in [6.45, 7) is 4.89. The third-order valence-electron chi connectivity index (χ3n) is 3.45. The molecule has 1 aliphatic heterocycles. The smallest absolute Gasteiger partial charge is 0.222 e. The van der Waals surface area contributed by atoms with Crippen LogP contribution in [0.3, 0.4) is 0 Å². The Morgan fingerprint density at radius 3 is 2.56 bits per heavy atom. The second-order valence-corrected chi connectivity index (χ2v) is 4.96. The first-order chi connectivity index (χ1) is 8.95. The van der Waals surface area contributed by atoms with Crippen molar-refractivity contribution in [3.63, 3.8) is 0 Å². The number of nitrogens with one attached hydrogen (secondary N) is 1. The van der Waals surface area contributed by atoms with E-state index in [0.717, 1.165) is 12.5 Å². The largest absolute Gasteiger partial charge is 0.354 e. The predicted molar refractivity (Wildman–Crippen MR) is 74.7 cm³/mol. The van der Waals surface area contributed by atoms with Crippen molar-refractivity contribution in [3.8, 4) is 0 Å². The molecule has 1 fully saturated rings. The topological polar surface area (TPSA) is 41.1 Å². The molecule has 2 heterocycles. The van der Waals surface area contributed by atoms with Gasteiger partial charge in [0.15, 0.2) is 0 Å². The van der Waals surface area contributed by atoms with Crippen LogP contribution in [0.1, 0.15) is 38.5 Å². The molecule has 4 heteroatoms. The average Bonchev–Trinajstić information content (AvgIpc) is 2.45. The fourth-order valence-electron chi connectivity index (χ4n) is 2.41. The quantitative estimate of drug-likeness (QED) is 0.753. The van der Waals surface area contributed by atoms with E-state index in [1.54, 1.807) is 12.4 Å². The van der Waals surface area contributed by atoms with Crippen LogP contribution in [-0.2, 0) is 0 Å². The highest BCUT2D eigenvalue weighted by atomic mass is 15.1. The lowest BCUT2D eigenvalue weighted by Gasteiger charge is -2.26. The molecule has 18 heavy (non-hydrogen) atoms. The van der Waals surface area contributed by atoms with E-state index >= 15 is 0 Å². The van der Waals surface area contributed by atoms with E-state index in [1.807, 2.05) is 6.07 Å². The Balaban J connectivity index is 1.46. The summed E-state index contributed by atoms with van der Waals surface area (Å²) in [7, 11) is 0. The minimum Gasteiger partial charge on any atom is -0.354 e. The Labute approximate surface area is 110 Å². The molecule has 0 unspecified atom stereocenters. The van der Waals surface area contributed by atoms with E-state index in [2.05, 4.69) is 20.2 Å². The highest BCUT2D eigenvalue weighted by Gasteiger charge is 2.08. The lowest BCUT2D eigenvalue weighted by Crippen LogP contribution is -2.30. The zero-order valence-electron chi connectivity index (χ0n) is 11.1. The van der Waals surface area contributed by atoms with Crippen LogP contribution in [0.2, 0.25) is 0 Å². The normalized spacial score (nSPS) is 16.7. The minimum absolute atomic E-state index is 0.744. The molecule has 2 rings (SSSR count). The summed E-state index contributed by atoms with van der Waals surface area (Å²) in [5.41, 5.74) is 0. The molecule has 4 nitrogen and oxygen atoms in total. The van der Waals surface area contributed by atoms with Gasteiger partial charge >= 0.3 is 0 Å². The van der Waals surface area contributed by atoms with E-state index in [-0.39, 0.29) is 0 Å². The molecule has 1 aromatic rings. The minimum atomic E-state index is 0.744. The molecule has 1 saturated heterocycles. The van der Waals surface area contributed by atoms with Gasteiger partial charge in [0, 0.05) is 18.9 Å². The van der Waals surface area contributed by atoms with Crippen molar-refractivity contribution in [2.24, 2.45) is 0 Å². The van der Waals surface area contributed by atoms with Gasteiger partial charge in [-0.2, -0.15) is 0 Å². The highest BCUT2D eigenvalue weighted by molar-refractivity contribution is 5.21. The molecule has 1 N–H and O–H groups in total. The van der Waals surface area contributed by atoms with Crippen molar-refractivity contribution in [2.45, 2.75) is 38.5 Å². The van der Waals surface area contributed by atoms with Crippen molar-refractivity contribution in [2.75, 3.05) is 31.5 Å². The average molecular weight is 248 g/mol. The number of hydrogen-bond donors (Lipinski definition) is 1. The number of hydrogen-bond acceptors (Lipinski definition) is 4. The van der Waals surface area contributed by atoms with Crippen LogP contribution in [0, 0.1) is 0 Å². The van der Waals surface area contributed by atoms with E-state index in [1.165, 1.54) is 58.2 Å². The molecule has 0 spiro atoms. The molecule has 0 saturated carbocycles. The van der Waals surface area contributed by atoms with Gasteiger partial charge in [0.05, 0.1) is 0 Å². The van der Waals surface area contributed by atoms with Crippen LogP contribution in [0.4, 0.5) is 5.95 Å².